The minimum Gasteiger partial charge on any atom is -0.303 e. The maximum absolute atomic E-state index is 2.44. The molecule has 0 aromatic rings. The smallest absolute Gasteiger partial charge is 0.0195 e. The average molecular weight is 232 g/mol. The summed E-state index contributed by atoms with van der Waals surface area (Å²) < 4.78 is 0. The summed E-state index contributed by atoms with van der Waals surface area (Å²) in [4.78, 5) is 4.84. The van der Waals surface area contributed by atoms with Crippen molar-refractivity contribution in [3.8, 4) is 0 Å². The lowest BCUT2D eigenvalue weighted by atomic mass is 10.1. The first-order chi connectivity index (χ1) is 7.61. The molecule has 0 aromatic heterocycles. The molecular formula is C14H36N2. The van der Waals surface area contributed by atoms with E-state index in [2.05, 4.69) is 37.7 Å². The van der Waals surface area contributed by atoms with Gasteiger partial charge < -0.3 is 4.90 Å². The Labute approximate surface area is 105 Å². The van der Waals surface area contributed by atoms with Crippen molar-refractivity contribution in [1.82, 2.24) is 9.80 Å². The van der Waals surface area contributed by atoms with E-state index >= 15 is 0 Å². The molecule has 1 heterocycles. The van der Waals surface area contributed by atoms with Crippen LogP contribution in [0, 0.1) is 0 Å². The van der Waals surface area contributed by atoms with Gasteiger partial charge in [0.25, 0.3) is 0 Å². The highest BCUT2D eigenvalue weighted by atomic mass is 15.3. The van der Waals surface area contributed by atoms with Gasteiger partial charge in [-0.05, 0) is 27.9 Å². The maximum atomic E-state index is 2.44. The zero-order chi connectivity index (χ0) is 13.7. The molecule has 0 radical (unpaired) electrons. The summed E-state index contributed by atoms with van der Waals surface area (Å²) in [6, 6.07) is 1.43. The van der Waals surface area contributed by atoms with Crippen LogP contribution in [0.15, 0.2) is 0 Å². The quantitative estimate of drug-likeness (QED) is 0.628. The van der Waals surface area contributed by atoms with E-state index in [9.17, 15) is 0 Å². The van der Waals surface area contributed by atoms with Crippen molar-refractivity contribution in [2.75, 3.05) is 27.2 Å². The first-order valence-corrected chi connectivity index (χ1v) is 7.01. The molecule has 0 bridgehead atoms. The zero-order valence-electron chi connectivity index (χ0n) is 13.5. The van der Waals surface area contributed by atoms with Crippen LogP contribution in [0.4, 0.5) is 0 Å². The summed E-state index contributed by atoms with van der Waals surface area (Å²) in [5.41, 5.74) is 0. The number of hydrogen-bond donors (Lipinski definition) is 0. The van der Waals surface area contributed by atoms with Crippen molar-refractivity contribution < 1.29 is 0 Å². The second-order valence-electron chi connectivity index (χ2n) is 3.58. The van der Waals surface area contributed by atoms with Crippen LogP contribution in [0.1, 0.15) is 55.4 Å². The summed E-state index contributed by atoms with van der Waals surface area (Å²) in [6.07, 6.45) is 0. The van der Waals surface area contributed by atoms with Crippen LogP contribution in [0.2, 0.25) is 0 Å². The largest absolute Gasteiger partial charge is 0.303 e. The van der Waals surface area contributed by atoms with Crippen molar-refractivity contribution in [2.45, 2.75) is 67.5 Å². The van der Waals surface area contributed by atoms with Crippen LogP contribution < -0.4 is 0 Å². The summed E-state index contributed by atoms with van der Waals surface area (Å²) >= 11 is 0. The standard InChI is InChI=1S/C8H18N2.3C2H6/c1-7-5-9(3)6-8(2)10(7)4;3*1-2/h7-8H,5-6H2,1-4H3;3*1-2H3. The molecule has 2 atom stereocenters. The molecule has 0 saturated carbocycles. The second-order valence-corrected chi connectivity index (χ2v) is 3.58. The van der Waals surface area contributed by atoms with E-state index in [0.717, 1.165) is 0 Å². The molecule has 2 nitrogen and oxygen atoms in total. The Kier molecular flexibility index (Phi) is 19.8. The topological polar surface area (TPSA) is 6.48 Å². The SMILES string of the molecule is CC.CC.CC.CC1CN(C)CC(C)N1C. The van der Waals surface area contributed by atoms with Gasteiger partial charge in [0.2, 0.25) is 0 Å². The molecule has 0 aliphatic carbocycles. The summed E-state index contributed by atoms with van der Waals surface area (Å²) in [7, 11) is 4.41. The molecular weight excluding hydrogens is 196 g/mol. The van der Waals surface area contributed by atoms with E-state index in [1.807, 2.05) is 41.5 Å². The molecule has 1 rings (SSSR count). The summed E-state index contributed by atoms with van der Waals surface area (Å²) in [5, 5.41) is 0. The normalized spacial score (nSPS) is 25.1. The molecule has 16 heavy (non-hydrogen) atoms. The van der Waals surface area contributed by atoms with Gasteiger partial charge in [-0.3, -0.25) is 4.90 Å². The second kappa shape index (κ2) is 14.9. The molecule has 2 heteroatoms. The lowest BCUT2D eigenvalue weighted by Gasteiger charge is -2.40. The van der Waals surface area contributed by atoms with Crippen molar-refractivity contribution in [3.05, 3.63) is 0 Å². The molecule has 2 unspecified atom stereocenters. The Bertz CT molecular complexity index is 103. The van der Waals surface area contributed by atoms with Gasteiger partial charge in [0, 0.05) is 25.2 Å². The van der Waals surface area contributed by atoms with Crippen molar-refractivity contribution in [1.29, 1.82) is 0 Å². The molecule has 0 N–H and O–H groups in total. The van der Waals surface area contributed by atoms with Gasteiger partial charge in [-0.1, -0.05) is 41.5 Å². The molecule has 0 amide bonds. The predicted molar refractivity (Wildman–Crippen MR) is 78.2 cm³/mol. The van der Waals surface area contributed by atoms with E-state index in [1.54, 1.807) is 0 Å². The average Bonchev–Trinajstić information content (AvgIpc) is 2.33. The number of hydrogen-bond acceptors (Lipinski definition) is 2. The fourth-order valence-electron chi connectivity index (χ4n) is 1.67. The minimum absolute atomic E-state index is 0.716. The number of piperazine rings is 1. The molecule has 1 aliphatic rings. The molecule has 1 fully saturated rings. The predicted octanol–water partition coefficient (Wildman–Crippen LogP) is 3.72. The highest BCUT2D eigenvalue weighted by Gasteiger charge is 2.23. The first-order valence-electron chi connectivity index (χ1n) is 7.01. The highest BCUT2D eigenvalue weighted by molar-refractivity contribution is 4.80. The monoisotopic (exact) mass is 232 g/mol. The van der Waals surface area contributed by atoms with Crippen LogP contribution in [-0.2, 0) is 0 Å². The lowest BCUT2D eigenvalue weighted by Crippen LogP contribution is -2.53. The first kappa shape index (κ1) is 21.2. The van der Waals surface area contributed by atoms with Gasteiger partial charge in [0.05, 0.1) is 0 Å². The fraction of sp³-hybridized carbons (Fsp3) is 1.00. The van der Waals surface area contributed by atoms with Gasteiger partial charge in [-0.2, -0.15) is 0 Å². The Morgan fingerprint density at radius 1 is 0.688 bits per heavy atom. The third-order valence-electron chi connectivity index (χ3n) is 2.54. The van der Waals surface area contributed by atoms with E-state index < -0.39 is 0 Å². The van der Waals surface area contributed by atoms with E-state index in [-0.39, 0.29) is 0 Å². The summed E-state index contributed by atoms with van der Waals surface area (Å²) in [6.45, 7) is 19.0. The molecule has 0 aromatic carbocycles. The van der Waals surface area contributed by atoms with Crippen LogP contribution in [0.5, 0.6) is 0 Å². The van der Waals surface area contributed by atoms with E-state index in [4.69, 9.17) is 0 Å². The van der Waals surface area contributed by atoms with Crippen molar-refractivity contribution in [2.24, 2.45) is 0 Å². The Morgan fingerprint density at radius 2 is 0.938 bits per heavy atom. The fourth-order valence-corrected chi connectivity index (χ4v) is 1.67. The third kappa shape index (κ3) is 9.17. The number of rotatable bonds is 0. The maximum Gasteiger partial charge on any atom is 0.0195 e. The number of nitrogens with zero attached hydrogens (tertiary/aromatic N) is 2. The van der Waals surface area contributed by atoms with Crippen molar-refractivity contribution >= 4 is 0 Å². The van der Waals surface area contributed by atoms with Gasteiger partial charge in [-0.15, -0.1) is 0 Å². The molecule has 102 valence electrons. The van der Waals surface area contributed by atoms with Gasteiger partial charge >= 0.3 is 0 Å². The zero-order valence-corrected chi connectivity index (χ0v) is 13.5. The van der Waals surface area contributed by atoms with Gasteiger partial charge in [0.15, 0.2) is 0 Å². The Balaban J connectivity index is -0.000000245. The molecule has 0 spiro atoms. The molecule has 1 aliphatic heterocycles. The lowest BCUT2D eigenvalue weighted by molar-refractivity contribution is 0.0761. The van der Waals surface area contributed by atoms with E-state index in [1.165, 1.54) is 13.1 Å². The van der Waals surface area contributed by atoms with Crippen LogP contribution in [-0.4, -0.2) is 49.1 Å². The van der Waals surface area contributed by atoms with Gasteiger partial charge in [0.1, 0.15) is 0 Å². The number of likely N-dealkylation sites (N-methyl/N-ethyl adjacent to an activating group) is 2. The summed E-state index contributed by atoms with van der Waals surface area (Å²) in [5.74, 6) is 0. The van der Waals surface area contributed by atoms with Gasteiger partial charge in [-0.25, -0.2) is 0 Å². The third-order valence-corrected chi connectivity index (χ3v) is 2.54. The highest BCUT2D eigenvalue weighted by Crippen LogP contribution is 2.10. The Morgan fingerprint density at radius 3 is 1.19 bits per heavy atom. The van der Waals surface area contributed by atoms with Crippen molar-refractivity contribution in [3.63, 3.8) is 0 Å². The van der Waals surface area contributed by atoms with Crippen LogP contribution >= 0.6 is 0 Å². The molecule has 1 saturated heterocycles. The van der Waals surface area contributed by atoms with Crippen LogP contribution in [0.3, 0.4) is 0 Å². The van der Waals surface area contributed by atoms with Crippen LogP contribution in [0.25, 0.3) is 0 Å². The van der Waals surface area contributed by atoms with E-state index in [0.29, 0.717) is 12.1 Å². The minimum atomic E-state index is 0.716. The Hall–Kier alpha value is -0.0800.